The summed E-state index contributed by atoms with van der Waals surface area (Å²) in [6.07, 6.45) is 2.94. The van der Waals surface area contributed by atoms with Gasteiger partial charge in [0.25, 0.3) is 5.91 Å². The van der Waals surface area contributed by atoms with E-state index in [1.54, 1.807) is 19.1 Å². The van der Waals surface area contributed by atoms with Gasteiger partial charge in [0.05, 0.1) is 11.9 Å². The smallest absolute Gasteiger partial charge is 0.277 e. The molecule has 0 spiro atoms. The fourth-order valence-electron chi connectivity index (χ4n) is 1.72. The Morgan fingerprint density at radius 3 is 2.71 bits per heavy atom. The number of anilines is 1. The Morgan fingerprint density at radius 1 is 1.21 bits per heavy atom. The van der Waals surface area contributed by atoms with E-state index < -0.39 is 0 Å². The quantitative estimate of drug-likeness (QED) is 0.555. The molecule has 0 aliphatic carbocycles. The lowest BCUT2D eigenvalue weighted by Crippen LogP contribution is -2.13. The molecule has 2 heterocycles. The highest BCUT2D eigenvalue weighted by atomic mass is 32.2. The second-order valence-corrected chi connectivity index (χ2v) is 6.99. The fourth-order valence-corrected chi connectivity index (χ4v) is 3.42. The van der Waals surface area contributed by atoms with Crippen LogP contribution in [-0.4, -0.2) is 26.1 Å². The molecule has 0 unspecified atom stereocenters. The van der Waals surface area contributed by atoms with Crippen molar-refractivity contribution in [3.8, 4) is 0 Å². The molecule has 0 aliphatic heterocycles. The zero-order valence-electron chi connectivity index (χ0n) is 12.6. The molecule has 2 aromatic heterocycles. The summed E-state index contributed by atoms with van der Waals surface area (Å²) in [5.41, 5.74) is 1.94. The van der Waals surface area contributed by atoms with Crippen molar-refractivity contribution in [2.24, 2.45) is 0 Å². The number of hydrogen-bond donors (Lipinski definition) is 1. The molecule has 0 fully saturated rings. The molecule has 1 N–H and O–H groups in total. The predicted molar refractivity (Wildman–Crippen MR) is 90.6 cm³/mol. The van der Waals surface area contributed by atoms with Gasteiger partial charge in [0.15, 0.2) is 4.34 Å². The van der Waals surface area contributed by atoms with Gasteiger partial charge in [-0.3, -0.25) is 15.1 Å². The summed E-state index contributed by atoms with van der Waals surface area (Å²) in [4.78, 5) is 20.1. The lowest BCUT2D eigenvalue weighted by molar-refractivity contribution is 0.102. The van der Waals surface area contributed by atoms with Crippen LogP contribution in [0.1, 0.15) is 21.7 Å². The monoisotopic (exact) mass is 361 g/mol. The first-order valence-electron chi connectivity index (χ1n) is 6.91. The highest BCUT2D eigenvalue weighted by Crippen LogP contribution is 2.28. The number of thioether (sulfide) groups is 1. The average molecular weight is 361 g/mol. The molecular weight excluding hydrogens is 349 g/mol. The summed E-state index contributed by atoms with van der Waals surface area (Å²) >= 11 is 2.74. The standard InChI is InChI=1S/C15H12FN5OS2/c1-9-6-18-12(7-17-9)13(22)19-14-20-21-15(24-14)23-8-10-2-4-11(16)5-3-10/h2-7H,8H2,1H3,(H,19,20,22). The van der Waals surface area contributed by atoms with Crippen LogP contribution in [0.3, 0.4) is 0 Å². The van der Waals surface area contributed by atoms with E-state index in [9.17, 15) is 9.18 Å². The van der Waals surface area contributed by atoms with Crippen LogP contribution in [0, 0.1) is 12.7 Å². The normalized spacial score (nSPS) is 10.6. The van der Waals surface area contributed by atoms with Gasteiger partial charge in [-0.15, -0.1) is 10.2 Å². The van der Waals surface area contributed by atoms with Gasteiger partial charge in [0.1, 0.15) is 11.5 Å². The molecule has 0 saturated heterocycles. The third kappa shape index (κ3) is 4.33. The van der Waals surface area contributed by atoms with Crippen LogP contribution in [0.15, 0.2) is 41.0 Å². The van der Waals surface area contributed by atoms with Crippen molar-refractivity contribution in [3.05, 3.63) is 59.4 Å². The molecule has 1 aromatic carbocycles. The zero-order chi connectivity index (χ0) is 16.9. The average Bonchev–Trinajstić information content (AvgIpc) is 3.02. The molecule has 3 aromatic rings. The van der Waals surface area contributed by atoms with Gasteiger partial charge in [0, 0.05) is 11.9 Å². The molecule has 1 amide bonds. The van der Waals surface area contributed by atoms with Gasteiger partial charge in [-0.1, -0.05) is 35.2 Å². The van der Waals surface area contributed by atoms with E-state index in [4.69, 9.17) is 0 Å². The van der Waals surface area contributed by atoms with Crippen LogP contribution in [0.5, 0.6) is 0 Å². The van der Waals surface area contributed by atoms with E-state index in [2.05, 4.69) is 25.5 Å². The van der Waals surface area contributed by atoms with Crippen LogP contribution < -0.4 is 5.32 Å². The topological polar surface area (TPSA) is 80.7 Å². The van der Waals surface area contributed by atoms with Gasteiger partial charge in [-0.05, 0) is 24.6 Å². The van der Waals surface area contributed by atoms with E-state index in [0.717, 1.165) is 11.3 Å². The Hall–Kier alpha value is -2.39. The van der Waals surface area contributed by atoms with E-state index in [1.165, 1.54) is 47.6 Å². The van der Waals surface area contributed by atoms with Gasteiger partial charge in [-0.2, -0.15) is 0 Å². The van der Waals surface area contributed by atoms with Gasteiger partial charge >= 0.3 is 0 Å². The Balaban J connectivity index is 1.58. The van der Waals surface area contributed by atoms with Crippen molar-refractivity contribution in [2.45, 2.75) is 17.0 Å². The number of halogens is 1. The van der Waals surface area contributed by atoms with Crippen LogP contribution in [0.4, 0.5) is 9.52 Å². The molecule has 0 bridgehead atoms. The molecule has 0 aliphatic rings. The number of carbonyl (C=O) groups excluding carboxylic acids is 1. The number of carbonyl (C=O) groups is 1. The second-order valence-electron chi connectivity index (χ2n) is 4.79. The molecule has 6 nitrogen and oxygen atoms in total. The molecule has 0 atom stereocenters. The third-order valence-electron chi connectivity index (χ3n) is 2.92. The largest absolute Gasteiger partial charge is 0.295 e. The summed E-state index contributed by atoms with van der Waals surface area (Å²) < 4.78 is 13.6. The van der Waals surface area contributed by atoms with Crippen molar-refractivity contribution in [3.63, 3.8) is 0 Å². The molecular formula is C15H12FN5OS2. The number of benzene rings is 1. The van der Waals surface area contributed by atoms with E-state index >= 15 is 0 Å². The molecule has 0 saturated carbocycles. The first kappa shape index (κ1) is 16.5. The summed E-state index contributed by atoms with van der Waals surface area (Å²) in [5, 5.41) is 11.0. The summed E-state index contributed by atoms with van der Waals surface area (Å²) in [5.74, 6) is 0.00403. The highest BCUT2D eigenvalue weighted by molar-refractivity contribution is 8.00. The molecule has 0 radical (unpaired) electrons. The van der Waals surface area contributed by atoms with Crippen LogP contribution in [-0.2, 0) is 5.75 Å². The van der Waals surface area contributed by atoms with Crippen LogP contribution in [0.2, 0.25) is 0 Å². The van der Waals surface area contributed by atoms with Crippen molar-refractivity contribution in [1.82, 2.24) is 20.2 Å². The van der Waals surface area contributed by atoms with E-state index in [-0.39, 0.29) is 17.4 Å². The predicted octanol–water partition coefficient (Wildman–Crippen LogP) is 3.32. The number of nitrogens with zero attached hydrogens (tertiary/aromatic N) is 4. The Kier molecular flexibility index (Phi) is 5.11. The Bertz CT molecular complexity index is 836. The minimum absolute atomic E-state index is 0.219. The number of aromatic nitrogens is 4. The van der Waals surface area contributed by atoms with Crippen LogP contribution >= 0.6 is 23.1 Å². The van der Waals surface area contributed by atoms with Crippen molar-refractivity contribution < 1.29 is 9.18 Å². The van der Waals surface area contributed by atoms with Crippen molar-refractivity contribution in [1.29, 1.82) is 0 Å². The van der Waals surface area contributed by atoms with Crippen LogP contribution in [0.25, 0.3) is 0 Å². The van der Waals surface area contributed by atoms with Crippen molar-refractivity contribution in [2.75, 3.05) is 5.32 Å². The van der Waals surface area contributed by atoms with Gasteiger partial charge in [0.2, 0.25) is 5.13 Å². The molecule has 9 heteroatoms. The number of aryl methyl sites for hydroxylation is 1. The maximum absolute atomic E-state index is 12.9. The summed E-state index contributed by atoms with van der Waals surface area (Å²) in [6, 6.07) is 6.29. The number of rotatable bonds is 5. The summed E-state index contributed by atoms with van der Waals surface area (Å²) in [6.45, 7) is 1.80. The van der Waals surface area contributed by atoms with E-state index in [1.807, 2.05) is 0 Å². The van der Waals surface area contributed by atoms with Gasteiger partial charge < -0.3 is 0 Å². The fraction of sp³-hybridized carbons (Fsp3) is 0.133. The Morgan fingerprint density at radius 2 is 2.00 bits per heavy atom. The van der Waals surface area contributed by atoms with E-state index in [0.29, 0.717) is 15.2 Å². The lowest BCUT2D eigenvalue weighted by atomic mass is 10.2. The molecule has 24 heavy (non-hydrogen) atoms. The SMILES string of the molecule is Cc1cnc(C(=O)Nc2nnc(SCc3ccc(F)cc3)s2)cn1. The number of amides is 1. The number of hydrogen-bond acceptors (Lipinski definition) is 7. The minimum atomic E-state index is -0.381. The Labute approximate surface area is 145 Å². The second kappa shape index (κ2) is 7.45. The van der Waals surface area contributed by atoms with Crippen molar-refractivity contribution >= 4 is 34.1 Å². The lowest BCUT2D eigenvalue weighted by Gasteiger charge is -2.00. The zero-order valence-corrected chi connectivity index (χ0v) is 14.2. The maximum Gasteiger partial charge on any atom is 0.277 e. The maximum atomic E-state index is 12.9. The molecule has 122 valence electrons. The third-order valence-corrected chi connectivity index (χ3v) is 4.96. The first-order valence-corrected chi connectivity index (χ1v) is 8.71. The first-order chi connectivity index (χ1) is 11.6. The minimum Gasteiger partial charge on any atom is -0.295 e. The number of nitrogens with one attached hydrogen (secondary N) is 1. The molecule has 3 rings (SSSR count). The van der Waals surface area contributed by atoms with Gasteiger partial charge in [-0.25, -0.2) is 9.37 Å². The summed E-state index contributed by atoms with van der Waals surface area (Å²) in [7, 11) is 0. The highest BCUT2D eigenvalue weighted by Gasteiger charge is 2.12.